The van der Waals surface area contributed by atoms with E-state index in [-0.39, 0.29) is 30.3 Å². The second-order valence-corrected chi connectivity index (χ2v) is 18.9. The molecule has 230 valence electrons. The van der Waals surface area contributed by atoms with E-state index in [1.54, 1.807) is 49.4 Å². The molecule has 12 heteroatoms. The highest BCUT2D eigenvalue weighted by Gasteiger charge is 2.30. The molecule has 0 aliphatic heterocycles. The highest BCUT2D eigenvalue weighted by molar-refractivity contribution is 7.89. The van der Waals surface area contributed by atoms with Crippen molar-refractivity contribution in [2.75, 3.05) is 27.9 Å². The zero-order valence-corrected chi connectivity index (χ0v) is 27.3. The number of nitrogens with zero attached hydrogens (tertiary/aromatic N) is 3. The maximum Gasteiger partial charge on any atom is 0.337 e. The van der Waals surface area contributed by atoms with Gasteiger partial charge in [-0.25, -0.2) is 17.9 Å². The largest absolute Gasteiger partial charge is 0.497 e. The Labute approximate surface area is 254 Å². The molecule has 0 spiro atoms. The Bertz CT molecular complexity index is 1600. The summed E-state index contributed by atoms with van der Waals surface area (Å²) in [7, 11) is -1.05. The molecule has 0 fully saturated rings. The van der Waals surface area contributed by atoms with Crippen LogP contribution in [0.1, 0.15) is 21.5 Å². The first-order valence-electron chi connectivity index (χ1n) is 13.9. The number of carbonyl (C=O) groups excluding carboxylic acids is 1. The minimum Gasteiger partial charge on any atom is -0.497 e. The van der Waals surface area contributed by atoms with E-state index in [1.807, 2.05) is 24.3 Å². The van der Waals surface area contributed by atoms with Gasteiger partial charge in [0.1, 0.15) is 18.2 Å². The number of carbonyl (C=O) groups is 1. The quantitative estimate of drug-likeness (QED) is 0.102. The Morgan fingerprint density at radius 2 is 1.44 bits per heavy atom. The smallest absolute Gasteiger partial charge is 0.337 e. The molecule has 0 N–H and O–H groups in total. The Morgan fingerprint density at radius 3 is 1.93 bits per heavy atom. The van der Waals surface area contributed by atoms with Gasteiger partial charge in [-0.1, -0.05) is 43.9 Å². The third kappa shape index (κ3) is 8.23. The number of fused-ring (bicyclic) bond motifs is 1. The van der Waals surface area contributed by atoms with Crippen LogP contribution in [0.2, 0.25) is 25.7 Å². The van der Waals surface area contributed by atoms with Gasteiger partial charge in [-0.15, -0.1) is 0 Å². The van der Waals surface area contributed by atoms with Gasteiger partial charge in [-0.3, -0.25) is 0 Å². The fraction of sp³-hybridized carbons (Fsp3) is 0.355. The monoisotopic (exact) mass is 625 g/mol. The Balaban J connectivity index is 1.76. The van der Waals surface area contributed by atoms with Gasteiger partial charge < -0.3 is 18.9 Å². The molecule has 10 nitrogen and oxygen atoms in total. The molecule has 0 saturated carbocycles. The number of rotatable bonds is 14. The molecule has 43 heavy (non-hydrogen) atoms. The summed E-state index contributed by atoms with van der Waals surface area (Å²) in [6, 6.07) is 18.3. The number of aromatic nitrogens is 2. The molecule has 4 aromatic rings. The molecule has 0 atom stereocenters. The standard InChI is InChI=1S/C31H39N3O7SSi/c1-38-26-11-7-23(8-12-26)19-34(20-24-9-13-27(39-2)14-10-24)42(36,37)30-18-25(31(35)40-3)17-29-28(30)21-33(32-29)22-41-15-16-43(4,5)6/h7-14,17-18,21H,15-16,19-20,22H2,1-6H3. The van der Waals surface area contributed by atoms with Gasteiger partial charge in [-0.2, -0.15) is 9.40 Å². The lowest BCUT2D eigenvalue weighted by atomic mass is 10.1. The summed E-state index contributed by atoms with van der Waals surface area (Å²) in [5, 5.41) is 4.93. The Hall–Kier alpha value is -3.71. The summed E-state index contributed by atoms with van der Waals surface area (Å²) in [5.41, 5.74) is 1.98. The average Bonchev–Trinajstić information content (AvgIpc) is 3.41. The molecule has 0 unspecified atom stereocenters. The summed E-state index contributed by atoms with van der Waals surface area (Å²) >= 11 is 0. The van der Waals surface area contributed by atoms with E-state index in [2.05, 4.69) is 24.7 Å². The van der Waals surface area contributed by atoms with Crippen LogP contribution >= 0.6 is 0 Å². The van der Waals surface area contributed by atoms with Crippen LogP contribution in [0.15, 0.2) is 71.8 Å². The second kappa shape index (κ2) is 13.7. The van der Waals surface area contributed by atoms with Crippen LogP contribution < -0.4 is 9.47 Å². The summed E-state index contributed by atoms with van der Waals surface area (Å²) in [4.78, 5) is 12.6. The van der Waals surface area contributed by atoms with Crippen LogP contribution in [0.4, 0.5) is 0 Å². The molecule has 1 aromatic heterocycles. The van der Waals surface area contributed by atoms with Crippen molar-refractivity contribution in [3.8, 4) is 11.5 Å². The fourth-order valence-corrected chi connectivity index (χ4v) is 6.81. The van der Waals surface area contributed by atoms with Crippen molar-refractivity contribution in [1.82, 2.24) is 14.1 Å². The van der Waals surface area contributed by atoms with Crippen molar-refractivity contribution in [3.05, 3.63) is 83.6 Å². The lowest BCUT2D eigenvalue weighted by Crippen LogP contribution is -2.30. The van der Waals surface area contributed by atoms with Gasteiger partial charge in [0.2, 0.25) is 10.0 Å². The average molecular weight is 626 g/mol. The number of hydrogen-bond donors (Lipinski definition) is 0. The van der Waals surface area contributed by atoms with E-state index in [0.29, 0.717) is 29.0 Å². The first kappa shape index (κ1) is 32.2. The third-order valence-electron chi connectivity index (χ3n) is 6.93. The van der Waals surface area contributed by atoms with Crippen molar-refractivity contribution in [1.29, 1.82) is 0 Å². The lowest BCUT2D eigenvalue weighted by molar-refractivity contribution is 0.0600. The molecule has 0 radical (unpaired) electrons. The van der Waals surface area contributed by atoms with Gasteiger partial charge in [-0.05, 0) is 53.6 Å². The molecule has 0 saturated heterocycles. The number of hydrogen-bond acceptors (Lipinski definition) is 8. The highest BCUT2D eigenvalue weighted by atomic mass is 32.2. The van der Waals surface area contributed by atoms with E-state index < -0.39 is 24.1 Å². The second-order valence-electron chi connectivity index (χ2n) is 11.4. The van der Waals surface area contributed by atoms with Crippen molar-refractivity contribution >= 4 is 35.0 Å². The maximum absolute atomic E-state index is 14.5. The number of esters is 1. The molecule has 1 heterocycles. The van der Waals surface area contributed by atoms with Crippen LogP contribution in [0.3, 0.4) is 0 Å². The van der Waals surface area contributed by atoms with Crippen molar-refractivity contribution in [2.24, 2.45) is 0 Å². The lowest BCUT2D eigenvalue weighted by Gasteiger charge is -2.23. The van der Waals surface area contributed by atoms with E-state index in [4.69, 9.17) is 18.9 Å². The maximum atomic E-state index is 14.5. The van der Waals surface area contributed by atoms with Crippen LogP contribution in [0, 0.1) is 0 Å². The molecule has 0 bridgehead atoms. The van der Waals surface area contributed by atoms with Crippen LogP contribution in [0.25, 0.3) is 10.9 Å². The predicted octanol–water partition coefficient (Wildman–Crippen LogP) is 5.54. The van der Waals surface area contributed by atoms with Gasteiger partial charge in [0, 0.05) is 39.4 Å². The molecule has 4 rings (SSSR count). The van der Waals surface area contributed by atoms with Crippen LogP contribution in [-0.4, -0.2) is 64.5 Å². The Kier molecular flexibility index (Phi) is 10.3. The van der Waals surface area contributed by atoms with E-state index in [0.717, 1.165) is 17.2 Å². The minimum atomic E-state index is -4.18. The number of benzene rings is 3. The van der Waals surface area contributed by atoms with E-state index in [1.165, 1.54) is 23.5 Å². The normalized spacial score (nSPS) is 12.1. The fourth-order valence-electron chi connectivity index (χ4n) is 4.43. The predicted molar refractivity (Wildman–Crippen MR) is 168 cm³/mol. The van der Waals surface area contributed by atoms with E-state index in [9.17, 15) is 13.2 Å². The summed E-state index contributed by atoms with van der Waals surface area (Å²) in [5.74, 6) is 0.677. The van der Waals surface area contributed by atoms with Crippen LogP contribution in [0.5, 0.6) is 11.5 Å². The van der Waals surface area contributed by atoms with Gasteiger partial charge >= 0.3 is 5.97 Å². The number of methoxy groups -OCH3 is 3. The van der Waals surface area contributed by atoms with E-state index >= 15 is 0 Å². The topological polar surface area (TPSA) is 109 Å². The number of ether oxygens (including phenoxy) is 4. The molecule has 0 aliphatic rings. The summed E-state index contributed by atoms with van der Waals surface area (Å²) in [6.07, 6.45) is 1.65. The molecule has 3 aromatic carbocycles. The Morgan fingerprint density at radius 1 is 0.884 bits per heavy atom. The third-order valence-corrected chi connectivity index (χ3v) is 10.5. The van der Waals surface area contributed by atoms with Gasteiger partial charge in [0.15, 0.2) is 0 Å². The SMILES string of the molecule is COC(=O)c1cc(S(=O)(=O)N(Cc2ccc(OC)cc2)Cc2ccc(OC)cc2)c2cn(COCC[Si](C)(C)C)nc2c1. The first-order chi connectivity index (χ1) is 20.4. The minimum absolute atomic E-state index is 0.0410. The highest BCUT2D eigenvalue weighted by Crippen LogP contribution is 2.30. The molecule has 0 amide bonds. The zero-order valence-electron chi connectivity index (χ0n) is 25.5. The summed E-state index contributed by atoms with van der Waals surface area (Å²) in [6.45, 7) is 7.72. The number of sulfonamides is 1. The molecule has 0 aliphatic carbocycles. The molecular weight excluding hydrogens is 587 g/mol. The molecular formula is C31H39N3O7SSi. The van der Waals surface area contributed by atoms with Crippen molar-refractivity contribution in [3.63, 3.8) is 0 Å². The van der Waals surface area contributed by atoms with Crippen LogP contribution in [-0.2, 0) is 39.3 Å². The summed E-state index contributed by atoms with van der Waals surface area (Å²) < 4.78 is 53.3. The van der Waals surface area contributed by atoms with Crippen molar-refractivity contribution in [2.45, 2.75) is 50.4 Å². The van der Waals surface area contributed by atoms with Gasteiger partial charge in [0.25, 0.3) is 0 Å². The van der Waals surface area contributed by atoms with Gasteiger partial charge in [0.05, 0.1) is 37.3 Å². The first-order valence-corrected chi connectivity index (χ1v) is 19.0. The van der Waals surface area contributed by atoms with Crippen molar-refractivity contribution < 1.29 is 32.2 Å². The zero-order chi connectivity index (χ0) is 31.2.